The van der Waals surface area contributed by atoms with Crippen LogP contribution in [0.2, 0.25) is 0 Å². The fourth-order valence-corrected chi connectivity index (χ4v) is 2.70. The molecule has 0 unspecified atom stereocenters. The number of hydrogen-bond acceptors (Lipinski definition) is 5. The van der Waals surface area contributed by atoms with E-state index in [1.807, 2.05) is 32.0 Å². The van der Waals surface area contributed by atoms with Crippen LogP contribution in [0.1, 0.15) is 27.4 Å². The predicted molar refractivity (Wildman–Crippen MR) is 93.7 cm³/mol. The molecule has 1 aliphatic heterocycles. The van der Waals surface area contributed by atoms with E-state index in [2.05, 4.69) is 20.2 Å². The lowest BCUT2D eigenvalue weighted by atomic mass is 10.1. The minimum Gasteiger partial charge on any atom is -0.378 e. The van der Waals surface area contributed by atoms with E-state index in [1.165, 1.54) is 0 Å². The molecule has 0 saturated carbocycles. The van der Waals surface area contributed by atoms with Crippen molar-refractivity contribution >= 4 is 17.4 Å². The van der Waals surface area contributed by atoms with E-state index in [1.54, 1.807) is 13.0 Å². The number of nitrogens with one attached hydrogen (secondary N) is 1. The van der Waals surface area contributed by atoms with E-state index in [4.69, 9.17) is 4.74 Å². The second-order valence-electron chi connectivity index (χ2n) is 5.96. The molecule has 2 heterocycles. The van der Waals surface area contributed by atoms with Crippen LogP contribution in [0.15, 0.2) is 24.3 Å². The number of aryl methyl sites for hydroxylation is 2. The largest absolute Gasteiger partial charge is 0.378 e. The molecule has 3 rings (SSSR count). The number of benzene rings is 1. The summed E-state index contributed by atoms with van der Waals surface area (Å²) in [5.74, 6) is 1.14. The van der Waals surface area contributed by atoms with E-state index in [9.17, 15) is 4.79 Å². The Balaban J connectivity index is 1.84. The quantitative estimate of drug-likeness (QED) is 0.938. The Morgan fingerprint density at radius 3 is 2.67 bits per heavy atom. The topological polar surface area (TPSA) is 67.4 Å². The van der Waals surface area contributed by atoms with Crippen molar-refractivity contribution in [2.45, 2.75) is 20.8 Å². The van der Waals surface area contributed by atoms with Gasteiger partial charge in [0, 0.05) is 24.8 Å². The average molecular weight is 326 g/mol. The lowest BCUT2D eigenvalue weighted by Gasteiger charge is -2.28. The molecule has 0 bridgehead atoms. The Bertz CT molecular complexity index is 755. The minimum absolute atomic E-state index is 0.219. The molecule has 0 atom stereocenters. The van der Waals surface area contributed by atoms with Crippen LogP contribution in [0.4, 0.5) is 11.5 Å². The third-order valence-electron chi connectivity index (χ3n) is 4.24. The summed E-state index contributed by atoms with van der Waals surface area (Å²) >= 11 is 0. The van der Waals surface area contributed by atoms with Crippen molar-refractivity contribution in [2.75, 3.05) is 36.5 Å². The number of anilines is 2. The highest BCUT2D eigenvalue weighted by Gasteiger charge is 2.17. The summed E-state index contributed by atoms with van der Waals surface area (Å²) in [7, 11) is 0. The van der Waals surface area contributed by atoms with Gasteiger partial charge in [0.1, 0.15) is 17.3 Å². The number of morpholine rings is 1. The summed E-state index contributed by atoms with van der Waals surface area (Å²) in [6.07, 6.45) is 0. The van der Waals surface area contributed by atoms with Crippen LogP contribution in [0.3, 0.4) is 0 Å². The third-order valence-corrected chi connectivity index (χ3v) is 4.24. The van der Waals surface area contributed by atoms with Gasteiger partial charge in [-0.3, -0.25) is 4.79 Å². The Morgan fingerprint density at radius 2 is 1.92 bits per heavy atom. The summed E-state index contributed by atoms with van der Waals surface area (Å²) in [6, 6.07) is 7.61. The molecule has 1 saturated heterocycles. The summed E-state index contributed by atoms with van der Waals surface area (Å²) in [6.45, 7) is 8.72. The van der Waals surface area contributed by atoms with E-state index >= 15 is 0 Å². The number of ether oxygens (including phenoxy) is 1. The number of hydrogen-bond donors (Lipinski definition) is 1. The summed E-state index contributed by atoms with van der Waals surface area (Å²) in [4.78, 5) is 23.5. The van der Waals surface area contributed by atoms with Gasteiger partial charge in [-0.1, -0.05) is 12.1 Å². The van der Waals surface area contributed by atoms with Crippen LogP contribution < -0.4 is 10.2 Å². The van der Waals surface area contributed by atoms with Crippen LogP contribution >= 0.6 is 0 Å². The zero-order valence-electron chi connectivity index (χ0n) is 14.3. The molecule has 1 aliphatic rings. The lowest BCUT2D eigenvalue weighted by molar-refractivity contribution is 0.102. The average Bonchev–Trinajstić information content (AvgIpc) is 2.59. The summed E-state index contributed by atoms with van der Waals surface area (Å²) in [5.41, 5.74) is 3.39. The van der Waals surface area contributed by atoms with Gasteiger partial charge >= 0.3 is 0 Å². The molecule has 6 heteroatoms. The van der Waals surface area contributed by atoms with Crippen molar-refractivity contribution in [3.63, 3.8) is 0 Å². The first-order valence-electron chi connectivity index (χ1n) is 8.10. The fraction of sp³-hybridized carbons (Fsp3) is 0.389. The van der Waals surface area contributed by atoms with E-state index < -0.39 is 0 Å². The van der Waals surface area contributed by atoms with E-state index in [0.717, 1.165) is 35.7 Å². The maximum Gasteiger partial charge on any atom is 0.274 e. The normalized spacial score (nSPS) is 14.5. The summed E-state index contributed by atoms with van der Waals surface area (Å²) < 4.78 is 5.37. The van der Waals surface area contributed by atoms with Crippen molar-refractivity contribution in [3.05, 3.63) is 46.9 Å². The van der Waals surface area contributed by atoms with Gasteiger partial charge in [0.15, 0.2) is 0 Å². The molecule has 0 radical (unpaired) electrons. The Hall–Kier alpha value is -2.47. The fourth-order valence-electron chi connectivity index (χ4n) is 2.70. The van der Waals surface area contributed by atoms with Crippen LogP contribution in [0, 0.1) is 20.8 Å². The first kappa shape index (κ1) is 16.4. The molecule has 2 aromatic rings. The van der Waals surface area contributed by atoms with Crippen LogP contribution in [-0.2, 0) is 4.74 Å². The zero-order chi connectivity index (χ0) is 17.1. The highest BCUT2D eigenvalue weighted by atomic mass is 16.5. The molecule has 0 aliphatic carbocycles. The highest BCUT2D eigenvalue weighted by molar-refractivity contribution is 6.03. The molecule has 6 nitrogen and oxygen atoms in total. The molecule has 24 heavy (non-hydrogen) atoms. The van der Waals surface area contributed by atoms with Crippen molar-refractivity contribution in [3.8, 4) is 0 Å². The summed E-state index contributed by atoms with van der Waals surface area (Å²) in [5, 5.41) is 2.95. The Kier molecular flexibility index (Phi) is 4.76. The van der Waals surface area contributed by atoms with Gasteiger partial charge in [0.05, 0.1) is 13.2 Å². The molecule has 1 amide bonds. The van der Waals surface area contributed by atoms with Gasteiger partial charge in [-0.2, -0.15) is 0 Å². The number of nitrogens with zero attached hydrogens (tertiary/aromatic N) is 3. The van der Waals surface area contributed by atoms with Crippen molar-refractivity contribution in [1.82, 2.24) is 9.97 Å². The highest BCUT2D eigenvalue weighted by Crippen LogP contribution is 2.20. The van der Waals surface area contributed by atoms with Gasteiger partial charge in [-0.15, -0.1) is 0 Å². The van der Waals surface area contributed by atoms with Crippen molar-refractivity contribution < 1.29 is 9.53 Å². The van der Waals surface area contributed by atoms with Crippen LogP contribution in [-0.4, -0.2) is 42.2 Å². The number of carbonyl (C=O) groups is 1. The molecular formula is C18H22N4O2. The molecule has 1 N–H and O–H groups in total. The third kappa shape index (κ3) is 3.54. The van der Waals surface area contributed by atoms with Gasteiger partial charge in [-0.05, 0) is 38.0 Å². The predicted octanol–water partition coefficient (Wildman–Crippen LogP) is 2.49. The van der Waals surface area contributed by atoms with Gasteiger partial charge < -0.3 is 15.0 Å². The van der Waals surface area contributed by atoms with Gasteiger partial charge in [0.2, 0.25) is 0 Å². The van der Waals surface area contributed by atoms with Crippen molar-refractivity contribution in [1.29, 1.82) is 0 Å². The maximum absolute atomic E-state index is 12.6. The van der Waals surface area contributed by atoms with Crippen LogP contribution in [0.25, 0.3) is 0 Å². The van der Waals surface area contributed by atoms with E-state index in [-0.39, 0.29) is 5.91 Å². The second kappa shape index (κ2) is 6.97. The molecule has 0 spiro atoms. The molecule has 126 valence electrons. The zero-order valence-corrected chi connectivity index (χ0v) is 14.3. The van der Waals surface area contributed by atoms with Gasteiger partial charge in [0.25, 0.3) is 5.91 Å². The first-order valence-corrected chi connectivity index (χ1v) is 8.10. The second-order valence-corrected chi connectivity index (χ2v) is 5.96. The SMILES string of the molecule is Cc1nc(C(=O)Nc2cccc(C)c2C)cc(N2CCOCC2)n1. The minimum atomic E-state index is -0.219. The maximum atomic E-state index is 12.6. The Morgan fingerprint density at radius 1 is 1.17 bits per heavy atom. The van der Waals surface area contributed by atoms with Gasteiger partial charge in [-0.25, -0.2) is 9.97 Å². The lowest BCUT2D eigenvalue weighted by Crippen LogP contribution is -2.37. The van der Waals surface area contributed by atoms with Crippen LogP contribution in [0.5, 0.6) is 0 Å². The number of aromatic nitrogens is 2. The number of carbonyl (C=O) groups excluding carboxylic acids is 1. The van der Waals surface area contributed by atoms with Crippen molar-refractivity contribution in [2.24, 2.45) is 0 Å². The standard InChI is InChI=1S/C18H22N4O2/c1-12-5-4-6-15(13(12)2)21-18(23)16-11-17(20-14(3)19-16)22-7-9-24-10-8-22/h4-6,11H,7-10H2,1-3H3,(H,21,23). The first-order chi connectivity index (χ1) is 11.5. The molecule has 1 aromatic carbocycles. The Labute approximate surface area is 141 Å². The number of rotatable bonds is 3. The monoisotopic (exact) mass is 326 g/mol. The smallest absolute Gasteiger partial charge is 0.274 e. The number of amides is 1. The molecule has 1 fully saturated rings. The molecule has 1 aromatic heterocycles. The molecular weight excluding hydrogens is 304 g/mol. The van der Waals surface area contributed by atoms with E-state index in [0.29, 0.717) is 24.7 Å².